The number of oxime groups is 1. The summed E-state index contributed by atoms with van der Waals surface area (Å²) in [6.07, 6.45) is -3.04. The number of halogens is 3. The first kappa shape index (κ1) is 25.1. The van der Waals surface area contributed by atoms with Gasteiger partial charge < -0.3 is 14.3 Å². The minimum atomic E-state index is -4.46. The van der Waals surface area contributed by atoms with Crippen molar-refractivity contribution in [2.24, 2.45) is 12.2 Å². The number of alkyl halides is 3. The lowest BCUT2D eigenvalue weighted by molar-refractivity contribution is -0.137. The maximum absolute atomic E-state index is 13.0. The van der Waals surface area contributed by atoms with Crippen LogP contribution in [0, 0.1) is 6.92 Å². The highest BCUT2D eigenvalue weighted by molar-refractivity contribution is 5.84. The van der Waals surface area contributed by atoms with E-state index in [2.05, 4.69) is 31.0 Å². The van der Waals surface area contributed by atoms with Gasteiger partial charge in [0, 0.05) is 7.05 Å². The van der Waals surface area contributed by atoms with Crippen LogP contribution in [0.1, 0.15) is 43.2 Å². The standard InChI is InChI=1S/C25H28F3N3O3/c1-17-22(16-29-33-14-13-32-20-11-9-18(10-12-20)24(2,3)4)23(31(5)30-17)34-21-8-6-7-19(15-21)25(26,27)28/h6-12,15-16H,13-14H2,1-5H3. The van der Waals surface area contributed by atoms with Gasteiger partial charge in [0.2, 0.25) is 5.88 Å². The summed E-state index contributed by atoms with van der Waals surface area (Å²) in [6, 6.07) is 12.6. The SMILES string of the molecule is Cc1nn(C)c(Oc2cccc(C(F)(F)F)c2)c1C=NOCCOc1ccc(C(C)(C)C)cc1. The second-order valence-corrected chi connectivity index (χ2v) is 8.75. The third kappa shape index (κ3) is 6.52. The van der Waals surface area contributed by atoms with Crippen LogP contribution in [-0.2, 0) is 23.5 Å². The Hall–Kier alpha value is -3.49. The number of rotatable bonds is 8. The number of hydrogen-bond acceptors (Lipinski definition) is 5. The molecule has 0 radical (unpaired) electrons. The monoisotopic (exact) mass is 475 g/mol. The molecule has 3 aromatic rings. The zero-order valence-electron chi connectivity index (χ0n) is 19.8. The van der Waals surface area contributed by atoms with Gasteiger partial charge in [-0.05, 0) is 48.2 Å². The average molecular weight is 476 g/mol. The van der Waals surface area contributed by atoms with Gasteiger partial charge in [0.15, 0.2) is 6.61 Å². The van der Waals surface area contributed by atoms with Gasteiger partial charge in [0.05, 0.1) is 23.0 Å². The normalized spacial score (nSPS) is 12.2. The second kappa shape index (κ2) is 10.2. The van der Waals surface area contributed by atoms with Crippen LogP contribution < -0.4 is 9.47 Å². The van der Waals surface area contributed by atoms with E-state index < -0.39 is 11.7 Å². The van der Waals surface area contributed by atoms with E-state index in [9.17, 15) is 13.2 Å². The number of nitrogens with zero attached hydrogens (tertiary/aromatic N) is 3. The quantitative estimate of drug-likeness (QED) is 0.219. The van der Waals surface area contributed by atoms with Crippen LogP contribution in [-0.4, -0.2) is 29.2 Å². The maximum atomic E-state index is 13.0. The van der Waals surface area contributed by atoms with Crippen LogP contribution in [0.3, 0.4) is 0 Å². The highest BCUT2D eigenvalue weighted by atomic mass is 19.4. The summed E-state index contributed by atoms with van der Waals surface area (Å²) in [6.45, 7) is 8.69. The zero-order valence-corrected chi connectivity index (χ0v) is 19.8. The van der Waals surface area contributed by atoms with Crippen molar-refractivity contribution in [2.45, 2.75) is 39.3 Å². The Labute approximate surface area is 196 Å². The minimum Gasteiger partial charge on any atom is -0.490 e. The van der Waals surface area contributed by atoms with E-state index in [1.54, 1.807) is 14.0 Å². The fourth-order valence-corrected chi connectivity index (χ4v) is 3.16. The van der Waals surface area contributed by atoms with Crippen molar-refractivity contribution in [1.82, 2.24) is 9.78 Å². The van der Waals surface area contributed by atoms with Gasteiger partial charge >= 0.3 is 6.18 Å². The molecule has 0 amide bonds. The van der Waals surface area contributed by atoms with E-state index in [1.165, 1.54) is 28.6 Å². The predicted molar refractivity (Wildman–Crippen MR) is 124 cm³/mol. The third-order valence-corrected chi connectivity index (χ3v) is 5.01. The van der Waals surface area contributed by atoms with Crippen molar-refractivity contribution < 1.29 is 27.5 Å². The highest BCUT2D eigenvalue weighted by Gasteiger charge is 2.30. The molecule has 0 bridgehead atoms. The first-order valence-electron chi connectivity index (χ1n) is 10.7. The molecule has 0 spiro atoms. The Morgan fingerprint density at radius 3 is 2.32 bits per heavy atom. The van der Waals surface area contributed by atoms with Crippen LogP contribution >= 0.6 is 0 Å². The molecular formula is C25H28F3N3O3. The second-order valence-electron chi connectivity index (χ2n) is 8.75. The van der Waals surface area contributed by atoms with Crippen LogP contribution in [0.25, 0.3) is 0 Å². The van der Waals surface area contributed by atoms with Crippen molar-refractivity contribution in [2.75, 3.05) is 13.2 Å². The largest absolute Gasteiger partial charge is 0.490 e. The summed E-state index contributed by atoms with van der Waals surface area (Å²) in [5.41, 5.74) is 1.58. The van der Waals surface area contributed by atoms with Crippen molar-refractivity contribution >= 4 is 6.21 Å². The smallest absolute Gasteiger partial charge is 0.416 e. The molecule has 34 heavy (non-hydrogen) atoms. The Bertz CT molecular complexity index is 1130. The molecule has 0 saturated carbocycles. The minimum absolute atomic E-state index is 0.0410. The predicted octanol–water partition coefficient (Wildman–Crippen LogP) is 6.27. The molecule has 0 aliphatic rings. The van der Waals surface area contributed by atoms with Gasteiger partial charge in [0.25, 0.3) is 0 Å². The third-order valence-electron chi connectivity index (χ3n) is 5.01. The Morgan fingerprint density at radius 1 is 0.971 bits per heavy atom. The Morgan fingerprint density at radius 2 is 1.68 bits per heavy atom. The number of aryl methyl sites for hydroxylation is 2. The van der Waals surface area contributed by atoms with E-state index in [4.69, 9.17) is 14.3 Å². The molecule has 2 aromatic carbocycles. The first-order chi connectivity index (χ1) is 15.9. The number of hydrogen-bond donors (Lipinski definition) is 0. The van der Waals surface area contributed by atoms with E-state index in [0.717, 1.165) is 17.9 Å². The topological polar surface area (TPSA) is 57.9 Å². The fourth-order valence-electron chi connectivity index (χ4n) is 3.16. The van der Waals surface area contributed by atoms with E-state index in [-0.39, 0.29) is 23.7 Å². The molecule has 0 aliphatic carbocycles. The molecule has 182 valence electrons. The van der Waals surface area contributed by atoms with E-state index in [1.807, 2.05) is 24.3 Å². The fraction of sp³-hybridized carbons (Fsp3) is 0.360. The van der Waals surface area contributed by atoms with E-state index >= 15 is 0 Å². The molecule has 0 saturated heterocycles. The van der Waals surface area contributed by atoms with Crippen molar-refractivity contribution in [1.29, 1.82) is 0 Å². The van der Waals surface area contributed by atoms with E-state index in [0.29, 0.717) is 17.9 Å². The summed E-state index contributed by atoms with van der Waals surface area (Å²) in [5, 5.41) is 8.19. The van der Waals surface area contributed by atoms with Crippen molar-refractivity contribution in [3.8, 4) is 17.4 Å². The molecule has 0 fully saturated rings. The molecule has 0 aliphatic heterocycles. The Balaban J connectivity index is 1.57. The molecule has 3 rings (SSSR count). The first-order valence-corrected chi connectivity index (χ1v) is 10.7. The summed E-state index contributed by atoms with van der Waals surface area (Å²) >= 11 is 0. The molecule has 1 heterocycles. The zero-order chi connectivity index (χ0) is 24.9. The number of aromatic nitrogens is 2. The summed E-state index contributed by atoms with van der Waals surface area (Å²) in [4.78, 5) is 5.27. The van der Waals surface area contributed by atoms with Gasteiger partial charge in [-0.1, -0.05) is 44.1 Å². The van der Waals surface area contributed by atoms with Crippen LogP contribution in [0.2, 0.25) is 0 Å². The molecule has 6 nitrogen and oxygen atoms in total. The van der Waals surface area contributed by atoms with Gasteiger partial charge in [-0.2, -0.15) is 18.3 Å². The number of ether oxygens (including phenoxy) is 2. The van der Waals surface area contributed by atoms with Crippen LogP contribution in [0.15, 0.2) is 53.7 Å². The average Bonchev–Trinajstić information content (AvgIpc) is 3.02. The summed E-state index contributed by atoms with van der Waals surface area (Å²) < 4.78 is 51.8. The maximum Gasteiger partial charge on any atom is 0.416 e. The van der Waals surface area contributed by atoms with Gasteiger partial charge in [-0.25, -0.2) is 4.68 Å². The number of benzene rings is 2. The lowest BCUT2D eigenvalue weighted by Gasteiger charge is -2.19. The van der Waals surface area contributed by atoms with Gasteiger partial charge in [-0.15, -0.1) is 0 Å². The lowest BCUT2D eigenvalue weighted by Crippen LogP contribution is -2.11. The van der Waals surface area contributed by atoms with Crippen molar-refractivity contribution in [3.05, 3.63) is 70.9 Å². The molecule has 1 aromatic heterocycles. The molecule has 0 unspecified atom stereocenters. The Kier molecular flexibility index (Phi) is 7.54. The van der Waals surface area contributed by atoms with Crippen LogP contribution in [0.5, 0.6) is 17.4 Å². The molecular weight excluding hydrogens is 447 g/mol. The highest BCUT2D eigenvalue weighted by Crippen LogP contribution is 2.33. The molecule has 9 heteroatoms. The van der Waals surface area contributed by atoms with Crippen LogP contribution in [0.4, 0.5) is 13.2 Å². The van der Waals surface area contributed by atoms with Gasteiger partial charge in [-0.3, -0.25) is 0 Å². The molecule has 0 N–H and O–H groups in total. The summed E-state index contributed by atoms with van der Waals surface area (Å²) in [7, 11) is 1.63. The summed E-state index contributed by atoms with van der Waals surface area (Å²) in [5.74, 6) is 1.03. The van der Waals surface area contributed by atoms with Gasteiger partial charge in [0.1, 0.15) is 18.1 Å². The van der Waals surface area contributed by atoms with Crippen molar-refractivity contribution in [3.63, 3.8) is 0 Å². The molecule has 0 atom stereocenters. The lowest BCUT2D eigenvalue weighted by atomic mass is 9.87.